The molecule has 1 unspecified atom stereocenters. The van der Waals surface area contributed by atoms with Gasteiger partial charge in [-0.15, -0.1) is 11.3 Å². The molecule has 2 aromatic rings. The lowest BCUT2D eigenvalue weighted by molar-refractivity contribution is 0.582. The topological polar surface area (TPSA) is 26.0 Å². The van der Waals surface area contributed by atoms with Gasteiger partial charge < -0.3 is 5.73 Å². The molecule has 1 heterocycles. The molecule has 0 radical (unpaired) electrons. The van der Waals surface area contributed by atoms with Gasteiger partial charge in [0.15, 0.2) is 0 Å². The first-order valence-electron chi connectivity index (χ1n) is 4.89. The van der Waals surface area contributed by atoms with Crippen LogP contribution in [0.4, 0.5) is 4.39 Å². The summed E-state index contributed by atoms with van der Waals surface area (Å²) in [5, 5.41) is 2.38. The van der Waals surface area contributed by atoms with Crippen LogP contribution in [0.25, 0.3) is 0 Å². The molecule has 0 aliphatic rings. The summed E-state index contributed by atoms with van der Waals surface area (Å²) >= 11 is 7.31. The Balaban J connectivity index is 2.17. The molecule has 0 aliphatic heterocycles. The van der Waals surface area contributed by atoms with Crippen molar-refractivity contribution in [2.24, 2.45) is 5.73 Å². The van der Waals surface area contributed by atoms with Crippen LogP contribution in [0.5, 0.6) is 0 Å². The number of rotatable bonds is 3. The molecule has 0 spiro atoms. The Bertz CT molecular complexity index is 470. The van der Waals surface area contributed by atoms with Crippen LogP contribution in [0.2, 0.25) is 5.02 Å². The first-order valence-corrected chi connectivity index (χ1v) is 6.15. The number of benzene rings is 1. The minimum Gasteiger partial charge on any atom is -0.324 e. The van der Waals surface area contributed by atoms with E-state index in [1.165, 1.54) is 6.07 Å². The van der Waals surface area contributed by atoms with E-state index in [0.29, 0.717) is 17.0 Å². The van der Waals surface area contributed by atoms with Gasteiger partial charge in [0.1, 0.15) is 5.82 Å². The van der Waals surface area contributed by atoms with Gasteiger partial charge in [-0.05, 0) is 23.6 Å². The summed E-state index contributed by atoms with van der Waals surface area (Å²) in [6.45, 7) is 0. The molecule has 0 bridgehead atoms. The van der Waals surface area contributed by atoms with Gasteiger partial charge >= 0.3 is 0 Å². The van der Waals surface area contributed by atoms with Gasteiger partial charge in [0.25, 0.3) is 0 Å². The fourth-order valence-corrected chi connectivity index (χ4v) is 2.48. The van der Waals surface area contributed by atoms with Crippen molar-refractivity contribution in [2.75, 3.05) is 0 Å². The molecule has 0 amide bonds. The predicted molar refractivity (Wildman–Crippen MR) is 66.4 cm³/mol. The van der Waals surface area contributed by atoms with Gasteiger partial charge in [0, 0.05) is 27.9 Å². The van der Waals surface area contributed by atoms with Crippen molar-refractivity contribution < 1.29 is 4.39 Å². The molecule has 84 valence electrons. The Morgan fingerprint density at radius 3 is 2.81 bits per heavy atom. The van der Waals surface area contributed by atoms with E-state index < -0.39 is 0 Å². The van der Waals surface area contributed by atoms with E-state index in [1.807, 2.05) is 17.5 Å². The van der Waals surface area contributed by atoms with Crippen molar-refractivity contribution in [1.29, 1.82) is 0 Å². The smallest absolute Gasteiger partial charge is 0.129 e. The average molecular weight is 256 g/mol. The molecule has 0 saturated heterocycles. The molecule has 16 heavy (non-hydrogen) atoms. The lowest BCUT2D eigenvalue weighted by Gasteiger charge is -2.12. The van der Waals surface area contributed by atoms with Crippen molar-refractivity contribution >= 4 is 22.9 Å². The molecule has 0 fully saturated rings. The van der Waals surface area contributed by atoms with Crippen molar-refractivity contribution in [3.63, 3.8) is 0 Å². The Kier molecular flexibility index (Phi) is 3.59. The molecule has 0 saturated carbocycles. The maximum absolute atomic E-state index is 13.6. The molecule has 1 aromatic heterocycles. The molecular weight excluding hydrogens is 245 g/mol. The quantitative estimate of drug-likeness (QED) is 0.887. The minimum atomic E-state index is -0.337. The molecule has 4 heteroatoms. The summed E-state index contributed by atoms with van der Waals surface area (Å²) < 4.78 is 13.6. The molecule has 1 atom stereocenters. The molecule has 1 nitrogen and oxygen atoms in total. The SMILES string of the molecule is NC(Cc1cccs1)c1ccc(Cl)cc1F. The predicted octanol–water partition coefficient (Wildman–Crippen LogP) is 3.78. The third-order valence-electron chi connectivity index (χ3n) is 2.36. The lowest BCUT2D eigenvalue weighted by Crippen LogP contribution is -2.14. The van der Waals surface area contributed by atoms with Crippen molar-refractivity contribution in [1.82, 2.24) is 0 Å². The molecule has 2 rings (SSSR count). The second kappa shape index (κ2) is 4.95. The number of hydrogen-bond donors (Lipinski definition) is 1. The van der Waals surface area contributed by atoms with Crippen molar-refractivity contribution in [3.05, 3.63) is 57.0 Å². The fraction of sp³-hybridized carbons (Fsp3) is 0.167. The van der Waals surface area contributed by atoms with Gasteiger partial charge in [-0.1, -0.05) is 23.7 Å². The highest BCUT2D eigenvalue weighted by Crippen LogP contribution is 2.23. The van der Waals surface area contributed by atoms with E-state index >= 15 is 0 Å². The summed E-state index contributed by atoms with van der Waals surface area (Å²) in [5.74, 6) is -0.337. The largest absolute Gasteiger partial charge is 0.324 e. The summed E-state index contributed by atoms with van der Waals surface area (Å²) in [7, 11) is 0. The minimum absolute atomic E-state index is 0.323. The number of hydrogen-bond acceptors (Lipinski definition) is 2. The molecule has 0 aliphatic carbocycles. The van der Waals surface area contributed by atoms with Gasteiger partial charge in [-0.3, -0.25) is 0 Å². The second-order valence-corrected chi connectivity index (χ2v) is 5.02. The monoisotopic (exact) mass is 255 g/mol. The van der Waals surface area contributed by atoms with E-state index in [-0.39, 0.29) is 11.9 Å². The highest BCUT2D eigenvalue weighted by atomic mass is 35.5. The summed E-state index contributed by atoms with van der Waals surface area (Å²) in [4.78, 5) is 1.15. The Labute approximate surface area is 103 Å². The zero-order valence-electron chi connectivity index (χ0n) is 8.49. The van der Waals surface area contributed by atoms with Crippen LogP contribution in [0.1, 0.15) is 16.5 Å². The molecule has 1 aromatic carbocycles. The van der Waals surface area contributed by atoms with Crippen molar-refractivity contribution in [3.8, 4) is 0 Å². The molecular formula is C12H11ClFNS. The van der Waals surface area contributed by atoms with E-state index in [1.54, 1.807) is 23.5 Å². The van der Waals surface area contributed by atoms with E-state index in [2.05, 4.69) is 0 Å². The number of nitrogens with two attached hydrogens (primary N) is 1. The number of halogens is 2. The summed E-state index contributed by atoms with van der Waals surface area (Å²) in [6, 6.07) is 8.24. The first kappa shape index (κ1) is 11.6. The third-order valence-corrected chi connectivity index (χ3v) is 3.50. The maximum Gasteiger partial charge on any atom is 0.129 e. The maximum atomic E-state index is 13.6. The van der Waals surface area contributed by atoms with E-state index in [9.17, 15) is 4.39 Å². The van der Waals surface area contributed by atoms with Gasteiger partial charge in [-0.2, -0.15) is 0 Å². The van der Waals surface area contributed by atoms with Crippen LogP contribution in [0, 0.1) is 5.82 Å². The first-order chi connectivity index (χ1) is 7.66. The standard InChI is InChI=1S/C12H11ClFNS/c13-8-3-4-10(11(14)6-8)12(15)7-9-2-1-5-16-9/h1-6,12H,7,15H2. The zero-order valence-corrected chi connectivity index (χ0v) is 10.1. The Morgan fingerprint density at radius 1 is 1.38 bits per heavy atom. The zero-order chi connectivity index (χ0) is 11.5. The fourth-order valence-electron chi connectivity index (χ4n) is 1.56. The van der Waals surface area contributed by atoms with Crippen LogP contribution in [-0.4, -0.2) is 0 Å². The third kappa shape index (κ3) is 2.61. The molecule has 2 N–H and O–H groups in total. The highest BCUT2D eigenvalue weighted by molar-refractivity contribution is 7.09. The summed E-state index contributed by atoms with van der Waals surface area (Å²) in [6.07, 6.45) is 0.649. The normalized spacial score (nSPS) is 12.7. The van der Waals surface area contributed by atoms with E-state index in [0.717, 1.165) is 4.88 Å². The van der Waals surface area contributed by atoms with Crippen molar-refractivity contribution in [2.45, 2.75) is 12.5 Å². The lowest BCUT2D eigenvalue weighted by atomic mass is 10.0. The second-order valence-electron chi connectivity index (χ2n) is 3.56. The van der Waals surface area contributed by atoms with Gasteiger partial charge in [0.05, 0.1) is 0 Å². The van der Waals surface area contributed by atoms with Crippen LogP contribution in [-0.2, 0) is 6.42 Å². The van der Waals surface area contributed by atoms with Crippen LogP contribution in [0.3, 0.4) is 0 Å². The van der Waals surface area contributed by atoms with E-state index in [4.69, 9.17) is 17.3 Å². The highest BCUT2D eigenvalue weighted by Gasteiger charge is 2.12. The summed E-state index contributed by atoms with van der Waals surface area (Å²) in [5.41, 5.74) is 6.47. The van der Waals surface area contributed by atoms with Crippen LogP contribution in [0.15, 0.2) is 35.7 Å². The average Bonchev–Trinajstić information content (AvgIpc) is 2.70. The van der Waals surface area contributed by atoms with Gasteiger partial charge in [0.2, 0.25) is 0 Å². The van der Waals surface area contributed by atoms with Gasteiger partial charge in [-0.25, -0.2) is 4.39 Å². The van der Waals surface area contributed by atoms with Crippen LogP contribution < -0.4 is 5.73 Å². The Hall–Kier alpha value is -0.900. The number of thiophene rings is 1. The Morgan fingerprint density at radius 2 is 2.19 bits per heavy atom. The van der Waals surface area contributed by atoms with Crippen LogP contribution >= 0.6 is 22.9 Å².